The first kappa shape index (κ1) is 24.8. The van der Waals surface area contributed by atoms with Crippen LogP contribution in [0.5, 0.6) is 0 Å². The summed E-state index contributed by atoms with van der Waals surface area (Å²) in [5.41, 5.74) is 5.14. The average Bonchev–Trinajstić information content (AvgIpc) is 3.65. The molecule has 5 rings (SSSR count). The summed E-state index contributed by atoms with van der Waals surface area (Å²) in [6, 6.07) is 10.6. The van der Waals surface area contributed by atoms with Crippen LogP contribution in [0.25, 0.3) is 11.1 Å². The van der Waals surface area contributed by atoms with E-state index in [2.05, 4.69) is 56.4 Å². The molecule has 3 heterocycles. The Bertz CT molecular complexity index is 1280. The van der Waals surface area contributed by atoms with E-state index in [1.165, 1.54) is 61.0 Å². The van der Waals surface area contributed by atoms with Crippen molar-refractivity contribution in [3.05, 3.63) is 96.0 Å². The van der Waals surface area contributed by atoms with Gasteiger partial charge in [0.2, 0.25) is 0 Å². The number of nitrogens with zero attached hydrogens (tertiary/aromatic N) is 3. The van der Waals surface area contributed by atoms with Crippen LogP contribution < -0.4 is 5.32 Å². The van der Waals surface area contributed by atoms with Crippen LogP contribution in [0.15, 0.2) is 73.4 Å². The standard InChI is InChI=1S/C30H32N4O.W/c35-30-27-21-25(26-15-16-28(33-22-26)24-12-13-24)14-11-23(27)9-5-2-1-3-8-19-34-20-18-31-29(34)10-6-4-7-17-32-30;/h4,6-7,11,14-18,20-22,24H,1-3,5,8-9,12-13,19H2,(H,32,35);. The van der Waals surface area contributed by atoms with Crippen molar-refractivity contribution in [2.45, 2.75) is 63.8 Å². The molecule has 0 bridgehead atoms. The van der Waals surface area contributed by atoms with Gasteiger partial charge in [-0.25, -0.2) is 0 Å². The summed E-state index contributed by atoms with van der Waals surface area (Å²) < 4.78 is 3.44. The van der Waals surface area contributed by atoms with Crippen molar-refractivity contribution in [2.75, 3.05) is 0 Å². The fourth-order valence-corrected chi connectivity index (χ4v) is 5.59. The van der Waals surface area contributed by atoms with Crippen LogP contribution >= 0.6 is 0 Å². The van der Waals surface area contributed by atoms with E-state index >= 15 is 0 Å². The van der Waals surface area contributed by atoms with Gasteiger partial charge in [-0.3, -0.25) is 4.98 Å². The Kier molecular flexibility index (Phi) is 8.18. The number of carbonyl (C=O) groups excluding carboxylic acids is 1. The molecule has 0 unspecified atom stereocenters. The van der Waals surface area contributed by atoms with Gasteiger partial charge in [-0.05, 0) is 18.9 Å². The van der Waals surface area contributed by atoms with E-state index in [9.17, 15) is 4.79 Å². The summed E-state index contributed by atoms with van der Waals surface area (Å²) in [6.45, 7) is 1.01. The zero-order valence-electron chi connectivity index (χ0n) is 20.5. The van der Waals surface area contributed by atoms with Gasteiger partial charge in [-0.2, -0.15) is 0 Å². The fourth-order valence-electron chi connectivity index (χ4n) is 4.70. The van der Waals surface area contributed by atoms with E-state index < -0.39 is 0 Å². The molecule has 1 saturated carbocycles. The zero-order valence-corrected chi connectivity index (χ0v) is 23.5. The van der Waals surface area contributed by atoms with Crippen LogP contribution in [0.3, 0.4) is 0 Å². The Morgan fingerprint density at radius 2 is 1.78 bits per heavy atom. The number of benzene rings is 1. The second-order valence-corrected chi connectivity index (χ2v) is 11.2. The van der Waals surface area contributed by atoms with Crippen molar-refractivity contribution in [3.8, 4) is 11.1 Å². The first-order valence-electron chi connectivity index (χ1n) is 13.0. The number of nitrogens with one attached hydrogen (secondary N) is 1. The predicted molar refractivity (Wildman–Crippen MR) is 141 cm³/mol. The monoisotopic (exact) mass is 648 g/mol. The van der Waals surface area contributed by atoms with Crippen molar-refractivity contribution >= 4 is 9.81 Å². The summed E-state index contributed by atoms with van der Waals surface area (Å²) >= 11 is 1.38. The molecule has 0 saturated heterocycles. The Labute approximate surface area is 224 Å². The van der Waals surface area contributed by atoms with Gasteiger partial charge in [-0.15, -0.1) is 0 Å². The van der Waals surface area contributed by atoms with Gasteiger partial charge < -0.3 is 0 Å². The molecular weight excluding hydrogens is 616 g/mol. The first-order valence-corrected chi connectivity index (χ1v) is 14.4. The molecule has 5 nitrogen and oxygen atoms in total. The Balaban J connectivity index is 1.36. The maximum atomic E-state index is 13.2. The number of carbonyl (C=O) groups is 1. The molecule has 184 valence electrons. The van der Waals surface area contributed by atoms with E-state index in [1.807, 2.05) is 30.6 Å². The summed E-state index contributed by atoms with van der Waals surface area (Å²) in [4.78, 5) is 22.4. The molecule has 36 heavy (non-hydrogen) atoms. The first-order chi connectivity index (χ1) is 17.7. The molecule has 2 aromatic heterocycles. The predicted octanol–water partition coefficient (Wildman–Crippen LogP) is 5.90. The SMILES string of the molecule is O=C1NC=CC=C[C](=[W])c2nccn2CCCCCCCc2ccc(-c3ccc(C4CC4)nc3)cc21. The quantitative estimate of drug-likeness (QED) is 0.377. The van der Waals surface area contributed by atoms with Crippen LogP contribution in [0.1, 0.15) is 78.3 Å². The molecule has 1 aliphatic carbocycles. The molecule has 6 heteroatoms. The van der Waals surface area contributed by atoms with Crippen molar-refractivity contribution in [1.82, 2.24) is 19.9 Å². The molecule has 1 aromatic carbocycles. The number of rotatable bonds is 2. The molecule has 2 aliphatic rings. The van der Waals surface area contributed by atoms with E-state index in [0.717, 1.165) is 53.9 Å². The molecule has 0 radical (unpaired) electrons. The van der Waals surface area contributed by atoms with Crippen LogP contribution in [0.2, 0.25) is 0 Å². The van der Waals surface area contributed by atoms with Gasteiger partial charge in [0, 0.05) is 11.6 Å². The summed E-state index contributed by atoms with van der Waals surface area (Å²) in [5.74, 6) is 1.62. The number of imidazole rings is 1. The molecule has 1 aliphatic heterocycles. The summed E-state index contributed by atoms with van der Waals surface area (Å²) in [5, 5.41) is 2.97. The van der Waals surface area contributed by atoms with Gasteiger partial charge in [0.15, 0.2) is 0 Å². The second-order valence-electron chi connectivity index (χ2n) is 9.64. The van der Waals surface area contributed by atoms with Gasteiger partial charge >= 0.3 is 189 Å². The number of fused-ring (bicyclic) bond motifs is 2. The number of hydrogen-bond acceptors (Lipinski definition) is 3. The molecule has 3 aromatic rings. The summed E-state index contributed by atoms with van der Waals surface area (Å²) in [6.07, 6.45) is 22.8. The molecule has 1 N–H and O–H groups in total. The molecule has 1 fully saturated rings. The minimum atomic E-state index is -0.0676. The molecule has 0 atom stereocenters. The van der Waals surface area contributed by atoms with Crippen molar-refractivity contribution in [2.24, 2.45) is 0 Å². The van der Waals surface area contributed by atoms with Crippen LogP contribution in [0.4, 0.5) is 0 Å². The number of aromatic nitrogens is 3. The van der Waals surface area contributed by atoms with Gasteiger partial charge in [0.05, 0.1) is 0 Å². The third-order valence-corrected chi connectivity index (χ3v) is 8.07. The molecular formula is C30H32N4OW. The van der Waals surface area contributed by atoms with Crippen molar-refractivity contribution < 1.29 is 24.1 Å². The summed E-state index contributed by atoms with van der Waals surface area (Å²) in [7, 11) is 0. The second kappa shape index (κ2) is 11.9. The Morgan fingerprint density at radius 3 is 2.61 bits per heavy atom. The normalized spacial score (nSPS) is 17.6. The number of hydrogen-bond donors (Lipinski definition) is 1. The van der Waals surface area contributed by atoms with Gasteiger partial charge in [0.25, 0.3) is 0 Å². The molecule has 1 amide bonds. The number of aryl methyl sites for hydroxylation is 2. The Hall–Kier alpha value is -2.91. The van der Waals surface area contributed by atoms with Crippen LogP contribution in [-0.4, -0.2) is 24.3 Å². The Morgan fingerprint density at radius 1 is 0.944 bits per heavy atom. The van der Waals surface area contributed by atoms with Gasteiger partial charge in [0.1, 0.15) is 0 Å². The van der Waals surface area contributed by atoms with E-state index in [4.69, 9.17) is 0 Å². The fraction of sp³-hybridized carbons (Fsp3) is 0.333. The third kappa shape index (κ3) is 6.25. The number of amides is 1. The van der Waals surface area contributed by atoms with E-state index in [1.54, 1.807) is 6.20 Å². The van der Waals surface area contributed by atoms with Crippen molar-refractivity contribution in [1.29, 1.82) is 0 Å². The topological polar surface area (TPSA) is 59.8 Å². The number of allylic oxidation sites excluding steroid dienone is 3. The van der Waals surface area contributed by atoms with E-state index in [0.29, 0.717) is 5.92 Å². The van der Waals surface area contributed by atoms with Gasteiger partial charge in [-0.1, -0.05) is 0 Å². The maximum absolute atomic E-state index is 13.2. The minimum absolute atomic E-state index is 0.0676. The van der Waals surface area contributed by atoms with Crippen LogP contribution in [-0.2, 0) is 32.3 Å². The van der Waals surface area contributed by atoms with E-state index in [-0.39, 0.29) is 5.91 Å². The third-order valence-electron chi connectivity index (χ3n) is 6.92. The zero-order chi connectivity index (χ0) is 24.7. The number of pyridine rings is 1. The van der Waals surface area contributed by atoms with Crippen LogP contribution in [0, 0.1) is 0 Å². The molecule has 0 spiro atoms. The average molecular weight is 648 g/mol. The van der Waals surface area contributed by atoms with Crippen molar-refractivity contribution in [3.63, 3.8) is 0 Å².